The molecule has 1 heterocycles. The van der Waals surface area contributed by atoms with Gasteiger partial charge >= 0.3 is 6.18 Å². The molecule has 0 aromatic carbocycles. The highest BCUT2D eigenvalue weighted by atomic mass is 19.4. The van der Waals surface area contributed by atoms with Gasteiger partial charge in [0.15, 0.2) is 0 Å². The Morgan fingerprint density at radius 1 is 1.11 bits per heavy atom. The Labute approximate surface area is 112 Å². The molecule has 1 rings (SSSR count). The van der Waals surface area contributed by atoms with Crippen molar-refractivity contribution in [2.75, 3.05) is 11.9 Å². The molecule has 0 bridgehead atoms. The highest BCUT2D eigenvalue weighted by molar-refractivity contribution is 5.45. The van der Waals surface area contributed by atoms with E-state index in [1.807, 2.05) is 0 Å². The Kier molecular flexibility index (Phi) is 6.67. The molecule has 0 unspecified atom stereocenters. The van der Waals surface area contributed by atoms with Crippen LogP contribution in [0, 0.1) is 0 Å². The maximum Gasteiger partial charge on any atom is 0.419 e. The van der Waals surface area contributed by atoms with Crippen LogP contribution in [0.25, 0.3) is 0 Å². The van der Waals surface area contributed by atoms with Gasteiger partial charge in [-0.25, -0.2) is 4.98 Å². The first-order valence-electron chi connectivity index (χ1n) is 6.81. The molecule has 1 aromatic heterocycles. The number of hydrogen-bond acceptors (Lipinski definition) is 2. The predicted molar refractivity (Wildman–Crippen MR) is 71.1 cm³/mol. The Bertz CT molecular complexity index is 364. The Morgan fingerprint density at radius 3 is 2.47 bits per heavy atom. The van der Waals surface area contributed by atoms with Gasteiger partial charge in [-0.1, -0.05) is 39.0 Å². The zero-order valence-electron chi connectivity index (χ0n) is 11.3. The SMILES string of the molecule is CCCCCCCCNc1ncccc1C(F)(F)F. The van der Waals surface area contributed by atoms with Crippen LogP contribution in [0.15, 0.2) is 18.3 Å². The van der Waals surface area contributed by atoms with E-state index >= 15 is 0 Å². The minimum atomic E-state index is -4.35. The van der Waals surface area contributed by atoms with E-state index < -0.39 is 11.7 Å². The van der Waals surface area contributed by atoms with E-state index in [4.69, 9.17) is 0 Å². The molecule has 0 saturated carbocycles. The van der Waals surface area contributed by atoms with E-state index in [2.05, 4.69) is 17.2 Å². The first-order valence-corrected chi connectivity index (χ1v) is 6.81. The van der Waals surface area contributed by atoms with Crippen LogP contribution in [0.3, 0.4) is 0 Å². The molecule has 1 N–H and O–H groups in total. The summed E-state index contributed by atoms with van der Waals surface area (Å²) < 4.78 is 38.0. The molecule has 0 radical (unpaired) electrons. The molecule has 0 fully saturated rings. The average Bonchev–Trinajstić information content (AvgIpc) is 2.37. The lowest BCUT2D eigenvalue weighted by Gasteiger charge is -2.12. The minimum Gasteiger partial charge on any atom is -0.370 e. The molecule has 0 amide bonds. The smallest absolute Gasteiger partial charge is 0.370 e. The lowest BCUT2D eigenvalue weighted by atomic mass is 10.1. The van der Waals surface area contributed by atoms with Crippen LogP contribution in [0.4, 0.5) is 19.0 Å². The van der Waals surface area contributed by atoms with Crippen molar-refractivity contribution in [2.24, 2.45) is 0 Å². The molecule has 0 spiro atoms. The summed E-state index contributed by atoms with van der Waals surface area (Å²) in [7, 11) is 0. The summed E-state index contributed by atoms with van der Waals surface area (Å²) in [6, 6.07) is 2.36. The summed E-state index contributed by atoms with van der Waals surface area (Å²) in [5.41, 5.74) is -0.694. The van der Waals surface area contributed by atoms with E-state index in [9.17, 15) is 13.2 Å². The number of halogens is 3. The van der Waals surface area contributed by atoms with E-state index in [1.165, 1.54) is 31.5 Å². The van der Waals surface area contributed by atoms with E-state index in [0.29, 0.717) is 6.54 Å². The van der Waals surface area contributed by atoms with Gasteiger partial charge in [0.1, 0.15) is 5.82 Å². The van der Waals surface area contributed by atoms with Gasteiger partial charge in [0, 0.05) is 12.7 Å². The molecular weight excluding hydrogens is 253 g/mol. The van der Waals surface area contributed by atoms with Crippen molar-refractivity contribution >= 4 is 5.82 Å². The van der Waals surface area contributed by atoms with Crippen molar-refractivity contribution in [3.8, 4) is 0 Å². The second-order valence-electron chi connectivity index (χ2n) is 4.59. The molecule has 5 heteroatoms. The fourth-order valence-electron chi connectivity index (χ4n) is 1.89. The number of anilines is 1. The molecule has 108 valence electrons. The molecule has 2 nitrogen and oxygen atoms in total. The number of nitrogens with one attached hydrogen (secondary N) is 1. The highest BCUT2D eigenvalue weighted by Crippen LogP contribution is 2.33. The van der Waals surface area contributed by atoms with E-state index in [-0.39, 0.29) is 5.82 Å². The number of aromatic nitrogens is 1. The molecule has 0 aliphatic carbocycles. The Hall–Kier alpha value is -1.26. The van der Waals surface area contributed by atoms with E-state index in [1.54, 1.807) is 0 Å². The summed E-state index contributed by atoms with van der Waals surface area (Å²) in [6.07, 6.45) is 3.71. The van der Waals surface area contributed by atoms with Crippen molar-refractivity contribution in [1.82, 2.24) is 4.98 Å². The fourth-order valence-corrected chi connectivity index (χ4v) is 1.89. The largest absolute Gasteiger partial charge is 0.419 e. The molecule has 0 saturated heterocycles. The average molecular weight is 274 g/mol. The standard InChI is InChI=1S/C14H21F3N2/c1-2-3-4-5-6-7-10-18-13-12(14(15,16)17)9-8-11-19-13/h8-9,11H,2-7,10H2,1H3,(H,18,19). The zero-order valence-corrected chi connectivity index (χ0v) is 11.3. The van der Waals surface area contributed by atoms with Crippen LogP contribution >= 0.6 is 0 Å². The molecule has 1 aromatic rings. The number of hydrogen-bond donors (Lipinski definition) is 1. The lowest BCUT2D eigenvalue weighted by molar-refractivity contribution is -0.137. The monoisotopic (exact) mass is 274 g/mol. The summed E-state index contributed by atoms with van der Waals surface area (Å²) in [5.74, 6) is -0.0661. The second-order valence-corrected chi connectivity index (χ2v) is 4.59. The quantitative estimate of drug-likeness (QED) is 0.684. The van der Waals surface area contributed by atoms with Crippen LogP contribution in [-0.2, 0) is 6.18 Å². The van der Waals surface area contributed by atoms with Crippen molar-refractivity contribution in [2.45, 2.75) is 51.6 Å². The van der Waals surface area contributed by atoms with Crippen LogP contribution < -0.4 is 5.32 Å². The van der Waals surface area contributed by atoms with Gasteiger partial charge in [-0.15, -0.1) is 0 Å². The van der Waals surface area contributed by atoms with Crippen molar-refractivity contribution in [3.05, 3.63) is 23.9 Å². The third-order valence-electron chi connectivity index (χ3n) is 2.94. The zero-order chi connectivity index (χ0) is 14.1. The number of rotatable bonds is 8. The normalized spacial score (nSPS) is 11.6. The van der Waals surface area contributed by atoms with Crippen molar-refractivity contribution in [1.29, 1.82) is 0 Å². The second kappa shape index (κ2) is 8.02. The summed E-state index contributed by atoms with van der Waals surface area (Å²) in [6.45, 7) is 2.69. The number of nitrogens with zero attached hydrogens (tertiary/aromatic N) is 1. The van der Waals surface area contributed by atoms with Gasteiger partial charge in [-0.3, -0.25) is 0 Å². The van der Waals surface area contributed by atoms with Gasteiger partial charge in [0.05, 0.1) is 5.56 Å². The summed E-state index contributed by atoms with van der Waals surface area (Å²) in [4.78, 5) is 3.76. The van der Waals surface area contributed by atoms with Crippen LogP contribution in [0.5, 0.6) is 0 Å². The van der Waals surface area contributed by atoms with Crippen LogP contribution in [-0.4, -0.2) is 11.5 Å². The number of alkyl halides is 3. The van der Waals surface area contributed by atoms with Crippen molar-refractivity contribution < 1.29 is 13.2 Å². The third-order valence-corrected chi connectivity index (χ3v) is 2.94. The van der Waals surface area contributed by atoms with Gasteiger partial charge in [0.25, 0.3) is 0 Å². The first-order chi connectivity index (χ1) is 9.05. The fraction of sp³-hybridized carbons (Fsp3) is 0.643. The highest BCUT2D eigenvalue weighted by Gasteiger charge is 2.33. The topological polar surface area (TPSA) is 24.9 Å². The first kappa shape index (κ1) is 15.8. The van der Waals surface area contributed by atoms with Gasteiger partial charge in [-0.05, 0) is 18.6 Å². The number of pyridine rings is 1. The molecule has 0 atom stereocenters. The molecule has 0 aliphatic heterocycles. The Morgan fingerprint density at radius 2 is 1.79 bits per heavy atom. The molecule has 19 heavy (non-hydrogen) atoms. The summed E-state index contributed by atoms with van der Waals surface area (Å²) in [5, 5.41) is 2.78. The maximum atomic E-state index is 12.7. The van der Waals surface area contributed by atoms with E-state index in [0.717, 1.165) is 25.3 Å². The Balaban J connectivity index is 2.33. The van der Waals surface area contributed by atoms with Gasteiger partial charge < -0.3 is 5.32 Å². The molecule has 0 aliphatic rings. The summed E-state index contributed by atoms with van der Waals surface area (Å²) >= 11 is 0. The maximum absolute atomic E-state index is 12.7. The lowest BCUT2D eigenvalue weighted by Crippen LogP contribution is -2.12. The van der Waals surface area contributed by atoms with Gasteiger partial charge in [0.2, 0.25) is 0 Å². The van der Waals surface area contributed by atoms with Crippen LogP contribution in [0.1, 0.15) is 51.0 Å². The van der Waals surface area contributed by atoms with Crippen molar-refractivity contribution in [3.63, 3.8) is 0 Å². The number of unbranched alkanes of at least 4 members (excludes halogenated alkanes) is 5. The van der Waals surface area contributed by atoms with Crippen LogP contribution in [0.2, 0.25) is 0 Å². The molecular formula is C14H21F3N2. The third kappa shape index (κ3) is 5.94. The predicted octanol–water partition coefficient (Wildman–Crippen LogP) is 4.87. The van der Waals surface area contributed by atoms with Gasteiger partial charge in [-0.2, -0.15) is 13.2 Å². The minimum absolute atomic E-state index is 0.0661.